The maximum atomic E-state index is 13.5. The predicted molar refractivity (Wildman–Crippen MR) is 118 cm³/mol. The third kappa shape index (κ3) is 3.56. The van der Waals surface area contributed by atoms with Crippen molar-refractivity contribution in [1.29, 1.82) is 0 Å². The molecular weight excluding hydrogens is 388 g/mol. The number of aromatic nitrogens is 2. The van der Waals surface area contributed by atoms with Crippen molar-refractivity contribution in [2.24, 2.45) is 0 Å². The summed E-state index contributed by atoms with van der Waals surface area (Å²) < 4.78 is 8.52. The Hall–Kier alpha value is -1.89. The average molecular weight is 413 g/mol. The molecule has 1 aliphatic rings. The molecule has 0 saturated carbocycles. The zero-order valence-corrected chi connectivity index (χ0v) is 18.3. The van der Waals surface area contributed by atoms with Gasteiger partial charge in [0, 0.05) is 17.1 Å². The normalized spacial score (nSPS) is 15.6. The van der Waals surface area contributed by atoms with Gasteiger partial charge in [-0.3, -0.25) is 4.79 Å². The van der Waals surface area contributed by atoms with Crippen LogP contribution in [0.3, 0.4) is 0 Å². The van der Waals surface area contributed by atoms with Crippen LogP contribution < -0.4 is 5.56 Å². The number of nitrogens with zero attached hydrogens (tertiary/aromatic N) is 2. The van der Waals surface area contributed by atoms with Crippen LogP contribution in [0.1, 0.15) is 36.8 Å². The molecule has 1 aromatic carbocycles. The van der Waals surface area contributed by atoms with E-state index >= 15 is 0 Å². The Morgan fingerprint density at radius 3 is 2.75 bits per heavy atom. The minimum Gasteiger partial charge on any atom is -0.370 e. The SMILES string of the molecule is C=C(C)CSc1nn(-c2ccc(C)cc2)c(=O)c2c3c(sc12)COC(C)(C)C3. The molecule has 4 rings (SSSR count). The van der Waals surface area contributed by atoms with Crippen LogP contribution in [0.5, 0.6) is 0 Å². The van der Waals surface area contributed by atoms with E-state index in [2.05, 4.69) is 20.4 Å². The van der Waals surface area contributed by atoms with Crippen LogP contribution in [-0.4, -0.2) is 21.1 Å². The van der Waals surface area contributed by atoms with Crippen LogP contribution in [0.25, 0.3) is 15.8 Å². The van der Waals surface area contributed by atoms with Gasteiger partial charge in [0.1, 0.15) is 5.03 Å². The highest BCUT2D eigenvalue weighted by Gasteiger charge is 2.31. The summed E-state index contributed by atoms with van der Waals surface area (Å²) in [6, 6.07) is 7.92. The molecule has 0 bridgehead atoms. The number of hydrogen-bond acceptors (Lipinski definition) is 5. The standard InChI is InChI=1S/C22H24N2O2S2/c1-13(2)12-27-20-19-18(16-10-22(4,5)26-11-17(16)28-19)21(25)24(23-20)15-8-6-14(3)7-9-15/h6-9H,1,10-12H2,2-5H3. The second-order valence-electron chi connectivity index (χ2n) is 8.04. The highest BCUT2D eigenvalue weighted by atomic mass is 32.2. The minimum atomic E-state index is -0.267. The van der Waals surface area contributed by atoms with Crippen LogP contribution in [-0.2, 0) is 17.8 Å². The number of ether oxygens (including phenoxy) is 1. The molecule has 0 aliphatic carbocycles. The zero-order valence-electron chi connectivity index (χ0n) is 16.7. The van der Waals surface area contributed by atoms with Crippen molar-refractivity contribution in [2.45, 2.75) is 51.3 Å². The Morgan fingerprint density at radius 1 is 1.36 bits per heavy atom. The molecule has 0 amide bonds. The first kappa shape index (κ1) is 19.4. The van der Waals surface area contributed by atoms with Crippen LogP contribution in [0.2, 0.25) is 0 Å². The molecule has 4 nitrogen and oxygen atoms in total. The van der Waals surface area contributed by atoms with Crippen molar-refractivity contribution < 1.29 is 4.74 Å². The van der Waals surface area contributed by atoms with Crippen LogP contribution in [0.15, 0.2) is 46.2 Å². The molecule has 0 atom stereocenters. The lowest BCUT2D eigenvalue weighted by Gasteiger charge is -2.30. The van der Waals surface area contributed by atoms with E-state index in [0.29, 0.717) is 6.61 Å². The molecule has 0 unspecified atom stereocenters. The predicted octanol–water partition coefficient (Wildman–Crippen LogP) is 5.28. The highest BCUT2D eigenvalue weighted by Crippen LogP contribution is 2.40. The number of hydrogen-bond donors (Lipinski definition) is 0. The van der Waals surface area contributed by atoms with E-state index in [1.807, 2.05) is 38.1 Å². The Morgan fingerprint density at radius 2 is 2.07 bits per heavy atom. The van der Waals surface area contributed by atoms with E-state index in [1.54, 1.807) is 27.8 Å². The second kappa shape index (κ2) is 7.17. The molecular formula is C22H24N2O2S2. The first-order valence-corrected chi connectivity index (χ1v) is 11.1. The van der Waals surface area contributed by atoms with Gasteiger partial charge in [-0.2, -0.15) is 9.78 Å². The Kier molecular flexibility index (Phi) is 4.98. The van der Waals surface area contributed by atoms with Gasteiger partial charge in [-0.1, -0.05) is 41.6 Å². The van der Waals surface area contributed by atoms with Crippen molar-refractivity contribution in [3.05, 3.63) is 62.8 Å². The summed E-state index contributed by atoms with van der Waals surface area (Å²) >= 11 is 3.29. The summed E-state index contributed by atoms with van der Waals surface area (Å²) in [4.78, 5) is 14.6. The monoisotopic (exact) mass is 412 g/mol. The summed E-state index contributed by atoms with van der Waals surface area (Å²) in [6.45, 7) is 12.8. The molecule has 1 aliphatic heterocycles. The van der Waals surface area contributed by atoms with E-state index < -0.39 is 0 Å². The smallest absolute Gasteiger partial charge is 0.280 e. The molecule has 146 valence electrons. The van der Waals surface area contributed by atoms with Crippen LogP contribution in [0, 0.1) is 6.92 Å². The summed E-state index contributed by atoms with van der Waals surface area (Å²) in [5.74, 6) is 0.777. The number of thiophene rings is 1. The van der Waals surface area contributed by atoms with Crippen molar-refractivity contribution >= 4 is 33.2 Å². The summed E-state index contributed by atoms with van der Waals surface area (Å²) in [5, 5.41) is 6.43. The van der Waals surface area contributed by atoms with Gasteiger partial charge in [0.25, 0.3) is 5.56 Å². The summed E-state index contributed by atoms with van der Waals surface area (Å²) in [6.07, 6.45) is 0.736. The minimum absolute atomic E-state index is 0.0475. The summed E-state index contributed by atoms with van der Waals surface area (Å²) in [7, 11) is 0. The van der Waals surface area contributed by atoms with E-state index in [1.165, 1.54) is 0 Å². The van der Waals surface area contributed by atoms with Gasteiger partial charge in [0.05, 0.1) is 28.0 Å². The van der Waals surface area contributed by atoms with Gasteiger partial charge >= 0.3 is 0 Å². The highest BCUT2D eigenvalue weighted by molar-refractivity contribution is 7.99. The molecule has 0 saturated heterocycles. The number of benzene rings is 1. The molecule has 0 N–H and O–H groups in total. The van der Waals surface area contributed by atoms with Crippen LogP contribution in [0.4, 0.5) is 0 Å². The van der Waals surface area contributed by atoms with Gasteiger partial charge < -0.3 is 4.74 Å². The van der Waals surface area contributed by atoms with Gasteiger partial charge in [-0.15, -0.1) is 11.3 Å². The molecule has 0 radical (unpaired) electrons. The lowest BCUT2D eigenvalue weighted by molar-refractivity contribution is -0.0379. The fourth-order valence-corrected chi connectivity index (χ4v) is 5.52. The van der Waals surface area contributed by atoms with Gasteiger partial charge in [0.2, 0.25) is 0 Å². The molecule has 2 aromatic heterocycles. The lowest BCUT2D eigenvalue weighted by atomic mass is 9.94. The van der Waals surface area contributed by atoms with Crippen molar-refractivity contribution in [1.82, 2.24) is 9.78 Å². The van der Waals surface area contributed by atoms with E-state index in [0.717, 1.165) is 54.6 Å². The van der Waals surface area contributed by atoms with E-state index in [-0.39, 0.29) is 11.2 Å². The molecule has 28 heavy (non-hydrogen) atoms. The largest absolute Gasteiger partial charge is 0.370 e. The lowest BCUT2D eigenvalue weighted by Crippen LogP contribution is -2.32. The molecule has 6 heteroatoms. The quantitative estimate of drug-likeness (QED) is 0.432. The molecule has 0 fully saturated rings. The van der Waals surface area contributed by atoms with Crippen molar-refractivity contribution in [2.75, 3.05) is 5.75 Å². The maximum absolute atomic E-state index is 13.5. The molecule has 3 heterocycles. The van der Waals surface area contributed by atoms with Gasteiger partial charge in [-0.25, -0.2) is 0 Å². The van der Waals surface area contributed by atoms with Gasteiger partial charge in [0.15, 0.2) is 0 Å². The molecule has 3 aromatic rings. The maximum Gasteiger partial charge on any atom is 0.280 e. The topological polar surface area (TPSA) is 44.1 Å². The fourth-order valence-electron chi connectivity index (χ4n) is 3.36. The fraction of sp³-hybridized carbons (Fsp3) is 0.364. The van der Waals surface area contributed by atoms with Crippen molar-refractivity contribution in [3.63, 3.8) is 0 Å². The second-order valence-corrected chi connectivity index (χ2v) is 10.1. The first-order valence-electron chi connectivity index (χ1n) is 9.31. The van der Waals surface area contributed by atoms with E-state index in [4.69, 9.17) is 9.84 Å². The van der Waals surface area contributed by atoms with Crippen LogP contribution >= 0.6 is 23.1 Å². The Balaban J connectivity index is 1.97. The summed E-state index contributed by atoms with van der Waals surface area (Å²) in [5.41, 5.74) is 3.84. The Bertz CT molecular complexity index is 1120. The zero-order chi connectivity index (χ0) is 20.1. The number of fused-ring (bicyclic) bond motifs is 3. The number of rotatable bonds is 4. The van der Waals surface area contributed by atoms with Crippen molar-refractivity contribution in [3.8, 4) is 5.69 Å². The molecule has 0 spiro atoms. The van der Waals surface area contributed by atoms with Gasteiger partial charge in [-0.05, 0) is 45.4 Å². The Labute approximate surface area is 173 Å². The number of aryl methyl sites for hydroxylation is 1. The van der Waals surface area contributed by atoms with E-state index in [9.17, 15) is 4.79 Å². The number of thioether (sulfide) groups is 1. The first-order chi connectivity index (χ1) is 13.2. The third-order valence-corrected chi connectivity index (χ3v) is 7.35. The average Bonchev–Trinajstić information content (AvgIpc) is 3.00. The third-order valence-electron chi connectivity index (χ3n) is 4.81.